The molecule has 0 aliphatic heterocycles. The van der Waals surface area contributed by atoms with Crippen LogP contribution in [0.1, 0.15) is 5.56 Å². The first kappa shape index (κ1) is 21.4. The predicted molar refractivity (Wildman–Crippen MR) is 108 cm³/mol. The predicted octanol–water partition coefficient (Wildman–Crippen LogP) is 7.89. The highest BCUT2D eigenvalue weighted by Crippen LogP contribution is 2.65. The maximum atomic E-state index is 9.99. The summed E-state index contributed by atoms with van der Waals surface area (Å²) in [5, 5.41) is 11.2. The molecule has 2 rings (SSSR count). The maximum absolute atomic E-state index is 9.99. The lowest BCUT2D eigenvalue weighted by Gasteiger charge is -2.44. The van der Waals surface area contributed by atoms with E-state index in [4.69, 9.17) is 104 Å². The second-order valence-electron chi connectivity index (χ2n) is 4.93. The highest BCUT2D eigenvalue weighted by molar-refractivity contribution is 6.80. The third-order valence-corrected chi connectivity index (χ3v) is 8.84. The summed E-state index contributed by atoms with van der Waals surface area (Å²) in [4.78, 5) is 0. The fraction of sp³-hybridized carbons (Fsp3) is 0.286. The van der Waals surface area contributed by atoms with Gasteiger partial charge in [-0.05, 0) is 23.1 Å². The van der Waals surface area contributed by atoms with Crippen LogP contribution >= 0.6 is 104 Å². The zero-order valence-corrected chi connectivity index (χ0v) is 18.1. The molecule has 2 aromatic carbocycles. The van der Waals surface area contributed by atoms with Crippen LogP contribution in [0.5, 0.6) is 5.75 Å². The van der Waals surface area contributed by atoms with Crippen molar-refractivity contribution in [1.29, 1.82) is 0 Å². The molecular formula is C14H7Cl9O. The van der Waals surface area contributed by atoms with Gasteiger partial charge in [0.05, 0.1) is 0 Å². The Labute approximate surface area is 183 Å². The molecular weight excluding hydrogens is 503 g/mol. The van der Waals surface area contributed by atoms with Gasteiger partial charge in [-0.25, -0.2) is 0 Å². The van der Waals surface area contributed by atoms with E-state index in [-0.39, 0.29) is 11.3 Å². The summed E-state index contributed by atoms with van der Waals surface area (Å²) >= 11 is 54.7. The van der Waals surface area contributed by atoms with E-state index in [9.17, 15) is 5.11 Å². The van der Waals surface area contributed by atoms with Crippen molar-refractivity contribution in [3.63, 3.8) is 0 Å². The van der Waals surface area contributed by atoms with E-state index in [1.807, 2.05) is 0 Å². The minimum Gasteiger partial charge on any atom is -0.507 e. The van der Waals surface area contributed by atoms with Gasteiger partial charge in [-0.1, -0.05) is 129 Å². The summed E-state index contributed by atoms with van der Waals surface area (Å²) in [6.07, 6.45) is 0. The highest BCUT2D eigenvalue weighted by atomic mass is 35.6. The molecule has 0 aliphatic rings. The smallest absolute Gasteiger partial charge is 0.226 e. The topological polar surface area (TPSA) is 20.2 Å². The van der Waals surface area contributed by atoms with Crippen molar-refractivity contribution >= 4 is 115 Å². The van der Waals surface area contributed by atoms with Gasteiger partial charge in [0, 0.05) is 5.39 Å². The van der Waals surface area contributed by atoms with E-state index >= 15 is 0 Å². The Hall–Kier alpha value is 1.11. The lowest BCUT2D eigenvalue weighted by molar-refractivity contribution is 0.481. The van der Waals surface area contributed by atoms with E-state index in [1.54, 1.807) is 24.3 Å². The van der Waals surface area contributed by atoms with Gasteiger partial charge >= 0.3 is 0 Å². The number of rotatable bonds is 3. The van der Waals surface area contributed by atoms with Gasteiger partial charge in [0.2, 0.25) is 8.13 Å². The van der Waals surface area contributed by atoms with Crippen LogP contribution in [0.3, 0.4) is 0 Å². The SMILES string of the molecule is Oc1cccc2ccc(C(Cl)(Cl)C(Cl)(Cl)C(Cl)(Cl)C(Cl)(Cl)Cl)cc12. The van der Waals surface area contributed by atoms with Gasteiger partial charge < -0.3 is 5.11 Å². The van der Waals surface area contributed by atoms with Crippen molar-refractivity contribution in [3.05, 3.63) is 42.0 Å². The van der Waals surface area contributed by atoms with Crippen molar-refractivity contribution in [2.45, 2.75) is 16.8 Å². The van der Waals surface area contributed by atoms with E-state index in [2.05, 4.69) is 0 Å². The molecule has 0 heterocycles. The Bertz CT molecular complexity index is 764. The maximum Gasteiger partial charge on any atom is 0.226 e. The van der Waals surface area contributed by atoms with Crippen LogP contribution in [0.4, 0.5) is 0 Å². The summed E-state index contributed by atoms with van der Waals surface area (Å²) in [7, 11) is 0. The van der Waals surface area contributed by atoms with Crippen LogP contribution in [0.2, 0.25) is 0 Å². The number of hydrogen-bond acceptors (Lipinski definition) is 1. The third-order valence-electron chi connectivity index (χ3n) is 3.37. The zero-order valence-electron chi connectivity index (χ0n) is 11.3. The van der Waals surface area contributed by atoms with Crippen molar-refractivity contribution in [3.8, 4) is 5.75 Å². The molecule has 0 saturated heterocycles. The van der Waals surface area contributed by atoms with Crippen LogP contribution in [-0.4, -0.2) is 17.6 Å². The molecule has 0 radical (unpaired) electrons. The molecule has 0 bridgehead atoms. The minimum atomic E-state index is -2.37. The molecule has 10 heteroatoms. The third kappa shape index (κ3) is 3.46. The summed E-state index contributed by atoms with van der Waals surface area (Å²) in [5.74, 6) is 0.0117. The number of hydrogen-bond donors (Lipinski definition) is 1. The number of benzene rings is 2. The molecule has 24 heavy (non-hydrogen) atoms. The van der Waals surface area contributed by atoms with Crippen LogP contribution in [-0.2, 0) is 4.33 Å². The molecule has 1 N–H and O–H groups in total. The van der Waals surface area contributed by atoms with Crippen molar-refractivity contribution in [2.24, 2.45) is 0 Å². The quantitative estimate of drug-likeness (QED) is 0.417. The Kier molecular flexibility index (Phi) is 6.18. The summed E-state index contributed by atoms with van der Waals surface area (Å²) < 4.78 is -9.09. The fourth-order valence-corrected chi connectivity index (χ4v) is 4.22. The Morgan fingerprint density at radius 3 is 1.83 bits per heavy atom. The lowest BCUT2D eigenvalue weighted by Crippen LogP contribution is -2.54. The Balaban J connectivity index is 2.63. The number of aromatic hydroxyl groups is 1. The summed E-state index contributed by atoms with van der Waals surface area (Å²) in [5.41, 5.74) is 0.199. The zero-order chi connectivity index (χ0) is 18.6. The monoisotopic (exact) mass is 506 g/mol. The normalized spacial score (nSPS) is 14.2. The van der Waals surface area contributed by atoms with Gasteiger partial charge in [0.25, 0.3) is 0 Å². The fourth-order valence-electron chi connectivity index (χ4n) is 2.01. The molecule has 0 fully saturated rings. The van der Waals surface area contributed by atoms with E-state index in [0.717, 1.165) is 5.39 Å². The minimum absolute atomic E-state index is 0.0117. The number of phenols is 1. The second-order valence-corrected chi connectivity index (χ2v) is 11.2. The van der Waals surface area contributed by atoms with E-state index in [1.165, 1.54) is 12.1 Å². The van der Waals surface area contributed by atoms with Crippen LogP contribution in [0.25, 0.3) is 10.8 Å². The van der Waals surface area contributed by atoms with Gasteiger partial charge in [-0.3, -0.25) is 0 Å². The number of alkyl halides is 9. The van der Waals surface area contributed by atoms with Crippen LogP contribution in [0.15, 0.2) is 36.4 Å². The summed E-state index contributed by atoms with van der Waals surface area (Å²) in [6.45, 7) is 0. The van der Waals surface area contributed by atoms with Gasteiger partial charge in [-0.2, -0.15) is 0 Å². The highest BCUT2D eigenvalue weighted by Gasteiger charge is 2.68. The largest absolute Gasteiger partial charge is 0.507 e. The first-order valence-corrected chi connectivity index (χ1v) is 9.56. The molecule has 0 spiro atoms. The van der Waals surface area contributed by atoms with Crippen LogP contribution < -0.4 is 0 Å². The first-order valence-electron chi connectivity index (χ1n) is 6.16. The Morgan fingerprint density at radius 1 is 0.708 bits per heavy atom. The van der Waals surface area contributed by atoms with Crippen molar-refractivity contribution < 1.29 is 5.11 Å². The van der Waals surface area contributed by atoms with Gasteiger partial charge in [0.1, 0.15) is 5.75 Å². The van der Waals surface area contributed by atoms with Crippen molar-refractivity contribution in [1.82, 2.24) is 0 Å². The average molecular weight is 510 g/mol. The molecule has 0 unspecified atom stereocenters. The lowest BCUT2D eigenvalue weighted by atomic mass is 10.0. The molecule has 132 valence electrons. The first-order chi connectivity index (χ1) is 10.7. The molecule has 0 atom stereocenters. The van der Waals surface area contributed by atoms with Crippen LogP contribution in [0, 0.1) is 0 Å². The number of fused-ring (bicyclic) bond motifs is 1. The van der Waals surface area contributed by atoms with Gasteiger partial charge in [0.15, 0.2) is 8.67 Å². The van der Waals surface area contributed by atoms with E-state index < -0.39 is 16.8 Å². The molecule has 0 aliphatic carbocycles. The number of phenolic OH excluding ortho intramolecular Hbond substituents is 1. The second kappa shape index (κ2) is 6.93. The molecule has 2 aromatic rings. The average Bonchev–Trinajstić information content (AvgIpc) is 2.45. The molecule has 0 amide bonds. The molecule has 0 saturated carbocycles. The standard InChI is InChI=1S/C14H7Cl9O/c15-11(16,12(17,18)13(19,20)14(21,22)23)8-5-4-7-2-1-3-10(24)9(7)6-8/h1-6,24H. The van der Waals surface area contributed by atoms with Gasteiger partial charge in [-0.15, -0.1) is 0 Å². The number of halogens is 9. The van der Waals surface area contributed by atoms with Crippen molar-refractivity contribution in [2.75, 3.05) is 0 Å². The Morgan fingerprint density at radius 2 is 1.29 bits per heavy atom. The molecule has 1 nitrogen and oxygen atoms in total. The van der Waals surface area contributed by atoms with E-state index in [0.29, 0.717) is 5.39 Å². The molecule has 0 aromatic heterocycles. The summed E-state index contributed by atoms with van der Waals surface area (Å²) in [6, 6.07) is 9.67.